The molecule has 3 N–H and O–H groups in total. The Morgan fingerprint density at radius 1 is 1.19 bits per heavy atom. The van der Waals surface area contributed by atoms with Gasteiger partial charge in [-0.1, -0.05) is 6.07 Å². The van der Waals surface area contributed by atoms with Crippen LogP contribution in [0.15, 0.2) is 29.2 Å². The van der Waals surface area contributed by atoms with Gasteiger partial charge in [0, 0.05) is 11.6 Å². The molecule has 5 nitrogen and oxygen atoms in total. The summed E-state index contributed by atoms with van der Waals surface area (Å²) in [7, 11) is -3.74. The Bertz CT molecular complexity index is 699. The standard InChI is InChI=1S/C15H18N2O3S/c16-21(19,20)11-3-1-2-10(7-11)17-15(18)14-12-8-4-5-9(6-8)13(12)14/h1-3,7-9,12-14H,4-6H2,(H,17,18)(H2,16,19,20). The zero-order valence-electron chi connectivity index (χ0n) is 11.5. The van der Waals surface area contributed by atoms with E-state index in [1.165, 1.54) is 31.4 Å². The fraction of sp³-hybridized carbons (Fsp3) is 0.533. The third-order valence-corrected chi connectivity index (χ3v) is 6.38. The van der Waals surface area contributed by atoms with Crippen molar-refractivity contribution in [2.24, 2.45) is 34.7 Å². The van der Waals surface area contributed by atoms with Gasteiger partial charge < -0.3 is 5.32 Å². The van der Waals surface area contributed by atoms with Gasteiger partial charge in [-0.25, -0.2) is 13.6 Å². The van der Waals surface area contributed by atoms with Crippen molar-refractivity contribution in [3.05, 3.63) is 24.3 Å². The second-order valence-electron chi connectivity index (χ2n) is 6.58. The van der Waals surface area contributed by atoms with E-state index in [1.54, 1.807) is 12.1 Å². The third kappa shape index (κ3) is 2.08. The van der Waals surface area contributed by atoms with Crippen LogP contribution in [0.4, 0.5) is 5.69 Å². The summed E-state index contributed by atoms with van der Waals surface area (Å²) in [6.07, 6.45) is 3.85. The fourth-order valence-corrected chi connectivity index (χ4v) is 5.21. The minimum atomic E-state index is -3.74. The Morgan fingerprint density at radius 3 is 2.48 bits per heavy atom. The molecule has 2 bridgehead atoms. The summed E-state index contributed by atoms with van der Waals surface area (Å²) < 4.78 is 22.7. The van der Waals surface area contributed by atoms with Crippen molar-refractivity contribution in [3.63, 3.8) is 0 Å². The van der Waals surface area contributed by atoms with Crippen LogP contribution in [-0.4, -0.2) is 14.3 Å². The number of sulfonamides is 1. The molecule has 1 amide bonds. The van der Waals surface area contributed by atoms with Gasteiger partial charge in [0.05, 0.1) is 4.90 Å². The lowest BCUT2D eigenvalue weighted by molar-refractivity contribution is -0.118. The van der Waals surface area contributed by atoms with E-state index < -0.39 is 10.0 Å². The molecule has 1 aromatic carbocycles. The highest BCUT2D eigenvalue weighted by atomic mass is 32.2. The number of benzene rings is 1. The molecular weight excluding hydrogens is 288 g/mol. The number of hydrogen-bond acceptors (Lipinski definition) is 3. The van der Waals surface area contributed by atoms with Gasteiger partial charge in [-0.05, 0) is 61.1 Å². The molecule has 3 aliphatic rings. The maximum atomic E-state index is 12.4. The molecule has 0 aliphatic heterocycles. The van der Waals surface area contributed by atoms with Crippen molar-refractivity contribution in [3.8, 4) is 0 Å². The molecule has 4 atom stereocenters. The van der Waals surface area contributed by atoms with Crippen molar-refractivity contribution in [1.29, 1.82) is 0 Å². The van der Waals surface area contributed by atoms with E-state index in [2.05, 4.69) is 5.32 Å². The highest BCUT2D eigenvalue weighted by molar-refractivity contribution is 7.89. The van der Waals surface area contributed by atoms with Gasteiger partial charge in [-0.15, -0.1) is 0 Å². The largest absolute Gasteiger partial charge is 0.326 e. The summed E-state index contributed by atoms with van der Waals surface area (Å²) in [5.74, 6) is 2.80. The lowest BCUT2D eigenvalue weighted by Crippen LogP contribution is -2.19. The zero-order valence-corrected chi connectivity index (χ0v) is 12.3. The molecule has 6 heteroatoms. The minimum Gasteiger partial charge on any atom is -0.326 e. The molecule has 3 saturated carbocycles. The normalized spacial score (nSPS) is 36.3. The SMILES string of the molecule is NS(=O)(=O)c1cccc(NC(=O)C2C3C4CCC(C4)C23)c1. The number of hydrogen-bond donors (Lipinski definition) is 2. The molecular formula is C15H18N2O3S. The first-order valence-electron chi connectivity index (χ1n) is 7.39. The molecule has 0 spiro atoms. The quantitative estimate of drug-likeness (QED) is 0.888. The van der Waals surface area contributed by atoms with E-state index in [1.807, 2.05) is 0 Å². The second kappa shape index (κ2) is 4.30. The Kier molecular flexibility index (Phi) is 2.72. The molecule has 3 fully saturated rings. The van der Waals surface area contributed by atoms with Gasteiger partial charge >= 0.3 is 0 Å². The summed E-state index contributed by atoms with van der Waals surface area (Å²) in [4.78, 5) is 12.4. The highest BCUT2D eigenvalue weighted by Gasteiger charge is 2.67. The van der Waals surface area contributed by atoms with Gasteiger partial charge in [-0.3, -0.25) is 4.79 Å². The first-order chi connectivity index (χ1) is 9.95. The zero-order chi connectivity index (χ0) is 14.8. The van der Waals surface area contributed by atoms with Crippen LogP contribution in [0.1, 0.15) is 19.3 Å². The van der Waals surface area contributed by atoms with Crippen molar-refractivity contribution >= 4 is 21.6 Å². The van der Waals surface area contributed by atoms with Crippen LogP contribution in [0.2, 0.25) is 0 Å². The summed E-state index contributed by atoms with van der Waals surface area (Å²) in [5.41, 5.74) is 0.504. The van der Waals surface area contributed by atoms with Gasteiger partial charge in [0.25, 0.3) is 0 Å². The monoisotopic (exact) mass is 306 g/mol. The number of nitrogens with two attached hydrogens (primary N) is 1. The first kappa shape index (κ1) is 13.3. The van der Waals surface area contributed by atoms with Crippen LogP contribution >= 0.6 is 0 Å². The highest BCUT2D eigenvalue weighted by Crippen LogP contribution is 2.69. The summed E-state index contributed by atoms with van der Waals surface area (Å²) in [6, 6.07) is 6.13. The number of carbonyl (C=O) groups is 1. The Hall–Kier alpha value is -1.40. The van der Waals surface area contributed by atoms with Crippen molar-refractivity contribution in [2.75, 3.05) is 5.32 Å². The topological polar surface area (TPSA) is 89.3 Å². The Labute approximate surface area is 124 Å². The van der Waals surface area contributed by atoms with Crippen LogP contribution in [0.5, 0.6) is 0 Å². The molecule has 4 unspecified atom stereocenters. The molecule has 1 aromatic rings. The van der Waals surface area contributed by atoms with E-state index in [9.17, 15) is 13.2 Å². The van der Waals surface area contributed by atoms with E-state index in [4.69, 9.17) is 5.14 Å². The lowest BCUT2D eigenvalue weighted by Gasteiger charge is -2.10. The Balaban J connectivity index is 1.49. The molecule has 112 valence electrons. The number of amides is 1. The summed E-state index contributed by atoms with van der Waals surface area (Å²) in [5, 5.41) is 7.96. The number of fused-ring (bicyclic) bond motifs is 5. The molecule has 4 rings (SSSR count). The minimum absolute atomic E-state index is 0.0244. The third-order valence-electron chi connectivity index (χ3n) is 5.47. The number of rotatable bonds is 3. The summed E-state index contributed by atoms with van der Waals surface area (Å²) >= 11 is 0. The van der Waals surface area contributed by atoms with Crippen LogP contribution in [-0.2, 0) is 14.8 Å². The maximum absolute atomic E-state index is 12.4. The molecule has 21 heavy (non-hydrogen) atoms. The van der Waals surface area contributed by atoms with E-state index in [0.717, 1.165) is 11.8 Å². The van der Waals surface area contributed by atoms with Crippen LogP contribution in [0.3, 0.4) is 0 Å². The molecule has 0 saturated heterocycles. The average Bonchev–Trinajstić information content (AvgIpc) is 2.87. The van der Waals surface area contributed by atoms with Crippen LogP contribution < -0.4 is 10.5 Å². The van der Waals surface area contributed by atoms with E-state index >= 15 is 0 Å². The molecule has 0 radical (unpaired) electrons. The van der Waals surface area contributed by atoms with Crippen molar-refractivity contribution in [2.45, 2.75) is 24.2 Å². The van der Waals surface area contributed by atoms with E-state index in [-0.39, 0.29) is 16.7 Å². The lowest BCUT2D eigenvalue weighted by atomic mass is 10.0. The maximum Gasteiger partial charge on any atom is 0.238 e. The van der Waals surface area contributed by atoms with Gasteiger partial charge in [0.2, 0.25) is 15.9 Å². The summed E-state index contributed by atoms with van der Waals surface area (Å²) in [6.45, 7) is 0. The molecule has 3 aliphatic carbocycles. The van der Waals surface area contributed by atoms with E-state index in [0.29, 0.717) is 17.5 Å². The molecule has 0 heterocycles. The number of anilines is 1. The van der Waals surface area contributed by atoms with Gasteiger partial charge in [0.1, 0.15) is 0 Å². The predicted octanol–water partition coefficient (Wildman–Crippen LogP) is 1.56. The smallest absolute Gasteiger partial charge is 0.238 e. The Morgan fingerprint density at radius 2 is 1.86 bits per heavy atom. The molecule has 0 aromatic heterocycles. The average molecular weight is 306 g/mol. The number of primary sulfonamides is 1. The van der Waals surface area contributed by atoms with Crippen LogP contribution in [0.25, 0.3) is 0 Å². The first-order valence-corrected chi connectivity index (χ1v) is 8.93. The number of carbonyl (C=O) groups excluding carboxylic acids is 1. The predicted molar refractivity (Wildman–Crippen MR) is 77.7 cm³/mol. The van der Waals surface area contributed by atoms with Crippen molar-refractivity contribution < 1.29 is 13.2 Å². The van der Waals surface area contributed by atoms with Crippen molar-refractivity contribution in [1.82, 2.24) is 0 Å². The van der Waals surface area contributed by atoms with Gasteiger partial charge in [0.15, 0.2) is 0 Å². The fourth-order valence-electron chi connectivity index (χ4n) is 4.65. The number of nitrogens with one attached hydrogen (secondary N) is 1. The second-order valence-corrected chi connectivity index (χ2v) is 8.14. The van der Waals surface area contributed by atoms with Gasteiger partial charge in [-0.2, -0.15) is 0 Å². The van der Waals surface area contributed by atoms with Crippen LogP contribution in [0, 0.1) is 29.6 Å².